The fourth-order valence-electron chi connectivity index (χ4n) is 14.5. The van der Waals surface area contributed by atoms with E-state index in [-0.39, 0.29) is 76.3 Å². The molecule has 0 radical (unpaired) electrons. The Morgan fingerprint density at radius 3 is 1.21 bits per heavy atom. The lowest BCUT2D eigenvalue weighted by Gasteiger charge is -2.41. The van der Waals surface area contributed by atoms with Gasteiger partial charge in [-0.25, -0.2) is 19.2 Å². The number of aliphatic hydroxyl groups is 1. The van der Waals surface area contributed by atoms with Crippen LogP contribution in [0.2, 0.25) is 0 Å². The number of aliphatic hydroxyl groups excluding tert-OH is 1. The van der Waals surface area contributed by atoms with Crippen molar-refractivity contribution >= 4 is 80.5 Å². The van der Waals surface area contributed by atoms with Gasteiger partial charge in [0.05, 0.1) is 110 Å². The van der Waals surface area contributed by atoms with E-state index in [0.29, 0.717) is 99.0 Å². The second-order valence-electron chi connectivity index (χ2n) is 32.2. The van der Waals surface area contributed by atoms with Gasteiger partial charge in [-0.15, -0.1) is 0 Å². The number of hydrogen-bond donors (Lipinski definition) is 2. The highest BCUT2D eigenvalue weighted by Crippen LogP contribution is 2.32. The second-order valence-corrected chi connectivity index (χ2v) is 32.2. The highest BCUT2D eigenvalue weighted by Gasteiger charge is 2.40. The van der Waals surface area contributed by atoms with Crippen LogP contribution in [0.25, 0.3) is 21.5 Å². The van der Waals surface area contributed by atoms with Crippen molar-refractivity contribution in [2.24, 2.45) is 0 Å². The summed E-state index contributed by atoms with van der Waals surface area (Å²) < 4.78 is 67.6. The van der Waals surface area contributed by atoms with Gasteiger partial charge >= 0.3 is 24.1 Å². The number of piperazine rings is 3. The third-order valence-corrected chi connectivity index (χ3v) is 20.6. The molecule has 0 unspecified atom stereocenters. The van der Waals surface area contributed by atoms with Crippen LogP contribution in [-0.2, 0) is 62.4 Å². The van der Waals surface area contributed by atoms with E-state index in [9.17, 15) is 38.7 Å². The van der Waals surface area contributed by atoms with Crippen LogP contribution >= 0.6 is 0 Å². The van der Waals surface area contributed by atoms with Gasteiger partial charge in [-0.1, -0.05) is 115 Å². The van der Waals surface area contributed by atoms with Crippen LogP contribution in [0.15, 0.2) is 231 Å². The number of ether oxygens (including phenoxy) is 12. The lowest BCUT2D eigenvalue weighted by molar-refractivity contribution is -0.123. The number of aryl methyl sites for hydroxylation is 1. The molecular formula is C99H114N6O20. The van der Waals surface area contributed by atoms with E-state index in [1.54, 1.807) is 115 Å². The van der Waals surface area contributed by atoms with E-state index >= 15 is 0 Å². The number of methoxy groups -OCH3 is 3. The van der Waals surface area contributed by atoms with Crippen molar-refractivity contribution in [2.75, 3.05) is 128 Å². The quantitative estimate of drug-likeness (QED) is 0.0215. The number of amides is 5. The predicted molar refractivity (Wildman–Crippen MR) is 479 cm³/mol. The van der Waals surface area contributed by atoms with Crippen molar-refractivity contribution < 1.29 is 95.5 Å². The molecule has 0 bridgehead atoms. The smallest absolute Gasteiger partial charge is 0.410 e. The van der Waals surface area contributed by atoms with E-state index in [4.69, 9.17) is 56.8 Å². The maximum atomic E-state index is 13.5. The van der Waals surface area contributed by atoms with Gasteiger partial charge in [0.2, 0.25) is 17.7 Å². The molecule has 2 N–H and O–H groups in total. The molecule has 3 heterocycles. The number of anilines is 3. The van der Waals surface area contributed by atoms with Crippen LogP contribution < -0.4 is 48.4 Å². The molecule has 0 aliphatic carbocycles. The summed E-state index contributed by atoms with van der Waals surface area (Å²) >= 11 is 0. The highest BCUT2D eigenvalue weighted by molar-refractivity contribution is 6.01. The molecule has 13 rings (SSSR count). The Labute approximate surface area is 731 Å². The van der Waals surface area contributed by atoms with E-state index in [2.05, 4.69) is 11.4 Å². The van der Waals surface area contributed by atoms with Crippen LogP contribution in [0.4, 0.5) is 26.7 Å². The minimum Gasteiger partial charge on any atom is -0.496 e. The number of carbonyl (C=O) groups is 7. The molecule has 10 aromatic rings. The molecule has 3 atom stereocenters. The number of unbranched alkanes of at least 4 members (excludes halogenated alkanes) is 2. The zero-order valence-electron chi connectivity index (χ0n) is 72.7. The van der Waals surface area contributed by atoms with Gasteiger partial charge in [-0.3, -0.25) is 24.2 Å². The molecule has 10 aromatic carbocycles. The molecule has 5 amide bonds. The molecule has 3 fully saturated rings. The molecule has 0 saturated carbocycles. The average molecular weight is 1710 g/mol. The number of fused-ring (bicyclic) bond motifs is 2. The Hall–Kier alpha value is -12.8. The van der Waals surface area contributed by atoms with Crippen molar-refractivity contribution in [2.45, 2.75) is 123 Å². The number of esters is 2. The average Bonchev–Trinajstić information content (AvgIpc) is 0.797. The standard InChI is InChI=1S/C39H44N2O7.C33H34N2O6.C27H36N2O7/c1-39(2,3)48-38(44)40-25-33(27-47-37(43)31-18-17-28-12-7-8-15-30(28)24-31)41(36(42)26-40)32-19-21-34(22-20-32)46-23-11-5-6-13-29-14-9-10-16-35(29)45-4;1-38-31-10-5-4-9-27(31)22-39-17-6-18-40-30-15-13-28(14-16-30)35-29(20-34-21-32(35)36)23-41-33(37)26-12-11-24-7-2-3-8-25(24)19-26;1-27(2,3)36-26(32)28-16-22(18-30)29(25(31)17-28)21-10-12-23(13-11-21)35-15-7-14-34-19-20-8-5-6-9-24(20)33-4/h7-10,12,14-22,24,33H,5-6,11,13,23,25-27H2,1-4H3;2-5,7-16,19,29,34H,6,17-18,20-23H2,1H3;5-6,8-13,22,30H,7,14-19H2,1-4H3/t33-;29-;22-/m111/s1. The summed E-state index contributed by atoms with van der Waals surface area (Å²) in [5.41, 5.74) is 4.72. The summed E-state index contributed by atoms with van der Waals surface area (Å²) in [5.74, 6) is 3.03. The van der Waals surface area contributed by atoms with E-state index in [1.807, 2.05) is 182 Å². The fourth-order valence-corrected chi connectivity index (χ4v) is 14.5. The number of carbonyl (C=O) groups excluding carboxylic acids is 7. The summed E-state index contributed by atoms with van der Waals surface area (Å²) in [5, 5.41) is 17.0. The lowest BCUT2D eigenvalue weighted by Crippen LogP contribution is -2.60. The second kappa shape index (κ2) is 46.1. The highest BCUT2D eigenvalue weighted by atomic mass is 16.6. The van der Waals surface area contributed by atoms with Crippen molar-refractivity contribution in [1.82, 2.24) is 15.1 Å². The monoisotopic (exact) mass is 1710 g/mol. The largest absolute Gasteiger partial charge is 0.496 e. The maximum absolute atomic E-state index is 13.5. The van der Waals surface area contributed by atoms with Crippen LogP contribution in [-0.4, -0.2) is 200 Å². The van der Waals surface area contributed by atoms with Crippen molar-refractivity contribution in [3.63, 3.8) is 0 Å². The molecular weight excluding hydrogens is 1590 g/mol. The molecule has 3 aliphatic rings. The van der Waals surface area contributed by atoms with Crippen molar-refractivity contribution in [1.29, 1.82) is 0 Å². The topological polar surface area (TPSA) is 279 Å². The number of para-hydroxylation sites is 3. The van der Waals surface area contributed by atoms with Gasteiger partial charge in [0.25, 0.3) is 0 Å². The number of nitrogens with zero attached hydrogens (tertiary/aromatic N) is 5. The zero-order valence-corrected chi connectivity index (χ0v) is 72.7. The Balaban J connectivity index is 0.000000184. The first-order valence-corrected chi connectivity index (χ1v) is 42.2. The molecule has 125 heavy (non-hydrogen) atoms. The number of nitrogens with one attached hydrogen (secondary N) is 1. The van der Waals surface area contributed by atoms with Crippen LogP contribution in [0.3, 0.4) is 0 Å². The number of rotatable bonds is 34. The van der Waals surface area contributed by atoms with E-state index < -0.39 is 47.4 Å². The molecule has 0 aromatic heterocycles. The fraction of sp³-hybridized carbons (Fsp3) is 0.364. The van der Waals surface area contributed by atoms with Gasteiger partial charge in [-0.2, -0.15) is 0 Å². The summed E-state index contributed by atoms with van der Waals surface area (Å²) in [6, 6.07) is 70.4. The lowest BCUT2D eigenvalue weighted by atomic mass is 10.1. The van der Waals surface area contributed by atoms with E-state index in [1.165, 1.54) is 20.3 Å². The normalized spacial score (nSPS) is 15.3. The minimum absolute atomic E-state index is 0.0798. The first-order chi connectivity index (χ1) is 60.4. The molecule has 660 valence electrons. The maximum Gasteiger partial charge on any atom is 0.410 e. The Kier molecular flexibility index (Phi) is 34.3. The molecule has 26 heteroatoms. The Bertz CT molecular complexity index is 5190. The summed E-state index contributed by atoms with van der Waals surface area (Å²) in [6.07, 6.45) is 4.21. The summed E-state index contributed by atoms with van der Waals surface area (Å²) in [6.45, 7) is 14.8. The predicted octanol–water partition coefficient (Wildman–Crippen LogP) is 16.1. The van der Waals surface area contributed by atoms with Gasteiger partial charge < -0.3 is 82.0 Å². The third kappa shape index (κ3) is 27.6. The van der Waals surface area contributed by atoms with Gasteiger partial charge in [0.15, 0.2) is 0 Å². The first-order valence-electron chi connectivity index (χ1n) is 42.2. The number of hydrogen-bond acceptors (Lipinski definition) is 21. The summed E-state index contributed by atoms with van der Waals surface area (Å²) in [4.78, 5) is 98.0. The number of benzene rings is 10. The van der Waals surface area contributed by atoms with E-state index in [0.717, 1.165) is 87.7 Å². The SMILES string of the molecule is COc1ccccc1CCCCCOc1ccc(N2C(=O)CN(C(=O)OC(C)(C)C)C[C@@H]2COC(=O)c2ccc3ccccc3c2)cc1.COc1ccccc1COCCCOc1ccc(N2C(=O)CN(C(=O)OC(C)(C)C)C[C@@H]2CO)cc1.COc1ccccc1COCCCOc1ccc(N2C(=O)CNC[C@@H]2COC(=O)c2ccc3ccccc3c2)cc1. The molecule has 3 aliphatic heterocycles. The third-order valence-electron chi connectivity index (χ3n) is 20.6. The van der Waals surface area contributed by atoms with Gasteiger partial charge in [0.1, 0.15) is 72.0 Å². The van der Waals surface area contributed by atoms with Crippen LogP contribution in [0, 0.1) is 0 Å². The minimum atomic E-state index is -0.722. The zero-order chi connectivity index (χ0) is 88.7. The molecule has 26 nitrogen and oxygen atoms in total. The summed E-state index contributed by atoms with van der Waals surface area (Å²) in [7, 11) is 4.99. The molecule has 0 spiro atoms. The van der Waals surface area contributed by atoms with Gasteiger partial charge in [0, 0.05) is 60.7 Å². The van der Waals surface area contributed by atoms with Crippen LogP contribution in [0.1, 0.15) is 111 Å². The van der Waals surface area contributed by atoms with Crippen LogP contribution in [0.5, 0.6) is 34.5 Å². The van der Waals surface area contributed by atoms with Crippen molar-refractivity contribution in [3.05, 3.63) is 258 Å². The Morgan fingerprint density at radius 1 is 0.400 bits per heavy atom. The Morgan fingerprint density at radius 2 is 0.776 bits per heavy atom. The van der Waals surface area contributed by atoms with Crippen molar-refractivity contribution in [3.8, 4) is 34.5 Å². The van der Waals surface area contributed by atoms with Gasteiger partial charge in [-0.05, 0) is 210 Å². The molecule has 3 saturated heterocycles. The first kappa shape index (κ1) is 93.0.